The highest BCUT2D eigenvalue weighted by molar-refractivity contribution is 7.88. The summed E-state index contributed by atoms with van der Waals surface area (Å²) in [7, 11) is -3.28. The normalized spacial score (nSPS) is 16.1. The van der Waals surface area contributed by atoms with E-state index in [1.807, 2.05) is 18.2 Å². The molecule has 1 fully saturated rings. The van der Waals surface area contributed by atoms with Crippen LogP contribution in [0.15, 0.2) is 30.5 Å². The molecule has 0 aliphatic carbocycles. The second-order valence-electron chi connectivity index (χ2n) is 7.65. The molecule has 4 rings (SSSR count). The van der Waals surface area contributed by atoms with Gasteiger partial charge in [-0.25, -0.2) is 12.7 Å². The average Bonchev–Trinajstić information content (AvgIpc) is 3.19. The molecule has 0 bridgehead atoms. The maximum Gasteiger partial charge on any atom is 0.422 e. The number of H-pyrrole nitrogens is 1. The molecular formula is C19H22F3N7O3S. The third kappa shape index (κ3) is 6.22. The van der Waals surface area contributed by atoms with Crippen LogP contribution in [0.4, 0.5) is 30.8 Å². The maximum atomic E-state index is 12.6. The predicted molar refractivity (Wildman–Crippen MR) is 116 cm³/mol. The van der Waals surface area contributed by atoms with Crippen molar-refractivity contribution in [2.75, 3.05) is 36.6 Å². The molecule has 0 radical (unpaired) electrons. The van der Waals surface area contributed by atoms with Gasteiger partial charge in [-0.2, -0.15) is 28.1 Å². The van der Waals surface area contributed by atoms with Gasteiger partial charge in [0.15, 0.2) is 6.61 Å². The number of fused-ring (bicyclic) bond motifs is 1. The van der Waals surface area contributed by atoms with Gasteiger partial charge in [-0.1, -0.05) is 6.07 Å². The number of halogens is 3. The minimum Gasteiger partial charge on any atom is -0.454 e. The molecule has 14 heteroatoms. The first-order valence-corrected chi connectivity index (χ1v) is 11.9. The Morgan fingerprint density at radius 2 is 1.88 bits per heavy atom. The summed E-state index contributed by atoms with van der Waals surface area (Å²) in [5.41, 5.74) is 1.48. The highest BCUT2D eigenvalue weighted by atomic mass is 32.2. The van der Waals surface area contributed by atoms with Crippen molar-refractivity contribution in [1.29, 1.82) is 0 Å². The van der Waals surface area contributed by atoms with Crippen LogP contribution in [0.25, 0.3) is 10.9 Å². The number of hydrogen-bond acceptors (Lipinski definition) is 8. The molecule has 1 aromatic carbocycles. The van der Waals surface area contributed by atoms with Gasteiger partial charge in [0, 0.05) is 36.5 Å². The van der Waals surface area contributed by atoms with Gasteiger partial charge in [0.05, 0.1) is 6.26 Å². The van der Waals surface area contributed by atoms with Crippen LogP contribution in [-0.2, 0) is 10.0 Å². The van der Waals surface area contributed by atoms with Gasteiger partial charge < -0.3 is 20.4 Å². The number of ether oxygens (including phenoxy) is 1. The number of piperidine rings is 1. The Morgan fingerprint density at radius 3 is 2.58 bits per heavy atom. The average molecular weight is 485 g/mol. The lowest BCUT2D eigenvalue weighted by atomic mass is 10.1. The molecular weight excluding hydrogens is 463 g/mol. The van der Waals surface area contributed by atoms with E-state index in [1.54, 1.807) is 12.3 Å². The molecule has 3 aromatic rings. The fourth-order valence-electron chi connectivity index (χ4n) is 3.46. The van der Waals surface area contributed by atoms with Gasteiger partial charge in [0.2, 0.25) is 21.9 Å². The van der Waals surface area contributed by atoms with E-state index in [2.05, 4.69) is 30.6 Å². The molecule has 0 unspecified atom stereocenters. The number of hydrogen-bond donors (Lipinski definition) is 3. The lowest BCUT2D eigenvalue weighted by Gasteiger charge is -2.30. The number of alkyl halides is 3. The number of aromatic nitrogens is 4. The molecule has 0 saturated carbocycles. The predicted octanol–water partition coefficient (Wildman–Crippen LogP) is 2.87. The monoisotopic (exact) mass is 485 g/mol. The third-order valence-corrected chi connectivity index (χ3v) is 6.35. The topological polar surface area (TPSA) is 125 Å². The summed E-state index contributed by atoms with van der Waals surface area (Å²) in [4.78, 5) is 15.2. The largest absolute Gasteiger partial charge is 0.454 e. The third-order valence-electron chi connectivity index (χ3n) is 5.05. The molecule has 3 heterocycles. The number of nitrogens with one attached hydrogen (secondary N) is 3. The lowest BCUT2D eigenvalue weighted by molar-refractivity contribution is -0.154. The van der Waals surface area contributed by atoms with Crippen molar-refractivity contribution in [2.45, 2.75) is 25.1 Å². The smallest absolute Gasteiger partial charge is 0.422 e. The zero-order chi connectivity index (χ0) is 23.6. The van der Waals surface area contributed by atoms with E-state index in [-0.39, 0.29) is 17.9 Å². The Kier molecular flexibility index (Phi) is 6.30. The molecule has 3 N–H and O–H groups in total. The molecule has 0 atom stereocenters. The van der Waals surface area contributed by atoms with Crippen molar-refractivity contribution in [1.82, 2.24) is 24.2 Å². The van der Waals surface area contributed by atoms with Gasteiger partial charge in [0.1, 0.15) is 0 Å². The Morgan fingerprint density at radius 1 is 1.15 bits per heavy atom. The second-order valence-corrected chi connectivity index (χ2v) is 9.64. The summed E-state index contributed by atoms with van der Waals surface area (Å²) in [5.74, 6) is 0.0348. The fourth-order valence-corrected chi connectivity index (χ4v) is 4.33. The number of rotatable bonds is 7. The van der Waals surface area contributed by atoms with Crippen LogP contribution in [-0.4, -0.2) is 70.8 Å². The van der Waals surface area contributed by atoms with Crippen LogP contribution in [0.3, 0.4) is 0 Å². The zero-order valence-corrected chi connectivity index (χ0v) is 18.4. The van der Waals surface area contributed by atoms with E-state index in [1.165, 1.54) is 4.31 Å². The van der Waals surface area contributed by atoms with Crippen LogP contribution in [0.1, 0.15) is 12.8 Å². The Hall–Kier alpha value is -3.13. The maximum absolute atomic E-state index is 12.6. The first kappa shape index (κ1) is 23.0. The molecule has 33 heavy (non-hydrogen) atoms. The minimum atomic E-state index is -4.55. The standard InChI is InChI=1S/C19H22F3N7O3S/c1-33(30,31)29-8-5-13(6-9-29)24-16-26-17(28-18(27-16)32-11-19(20,21)22)25-14-3-2-12-4-7-23-15(12)10-14/h2-4,7,10,13,23H,5-6,8-9,11H2,1H3,(H2,24,25,26,27,28). The second kappa shape index (κ2) is 9.02. The highest BCUT2D eigenvalue weighted by Gasteiger charge is 2.30. The van der Waals surface area contributed by atoms with Crippen molar-refractivity contribution < 1.29 is 26.3 Å². The summed E-state index contributed by atoms with van der Waals surface area (Å²) in [6.45, 7) is -0.905. The van der Waals surface area contributed by atoms with Crippen LogP contribution in [0.5, 0.6) is 6.01 Å². The zero-order valence-electron chi connectivity index (χ0n) is 17.6. The Bertz CT molecular complexity index is 1220. The Balaban J connectivity index is 1.52. The number of aromatic amines is 1. The van der Waals surface area contributed by atoms with E-state index in [0.717, 1.165) is 17.2 Å². The van der Waals surface area contributed by atoms with E-state index >= 15 is 0 Å². The molecule has 0 amide bonds. The number of sulfonamides is 1. The molecule has 2 aromatic heterocycles. The van der Waals surface area contributed by atoms with Crippen molar-refractivity contribution in [3.05, 3.63) is 30.5 Å². The van der Waals surface area contributed by atoms with Crippen molar-refractivity contribution in [3.8, 4) is 6.01 Å². The molecule has 178 valence electrons. The van der Waals surface area contributed by atoms with Gasteiger partial charge in [-0.3, -0.25) is 0 Å². The summed E-state index contributed by atoms with van der Waals surface area (Å²) in [5, 5.41) is 7.00. The van der Waals surface area contributed by atoms with Crippen LogP contribution in [0.2, 0.25) is 0 Å². The van der Waals surface area contributed by atoms with E-state index in [0.29, 0.717) is 31.6 Å². The van der Waals surface area contributed by atoms with Gasteiger partial charge >= 0.3 is 12.2 Å². The van der Waals surface area contributed by atoms with Gasteiger partial charge in [0.25, 0.3) is 0 Å². The summed E-state index contributed by atoms with van der Waals surface area (Å²) >= 11 is 0. The van der Waals surface area contributed by atoms with Crippen LogP contribution >= 0.6 is 0 Å². The molecule has 10 nitrogen and oxygen atoms in total. The fraction of sp³-hybridized carbons (Fsp3) is 0.421. The van der Waals surface area contributed by atoms with Crippen molar-refractivity contribution in [2.24, 2.45) is 0 Å². The number of nitrogens with zero attached hydrogens (tertiary/aromatic N) is 4. The Labute approximate surface area is 187 Å². The van der Waals surface area contributed by atoms with E-state index in [4.69, 9.17) is 4.74 Å². The van der Waals surface area contributed by atoms with Gasteiger partial charge in [-0.05, 0) is 36.4 Å². The van der Waals surface area contributed by atoms with Crippen LogP contribution < -0.4 is 15.4 Å². The quantitative estimate of drug-likeness (QED) is 0.467. The molecule has 0 spiro atoms. The summed E-state index contributed by atoms with van der Waals surface area (Å²) in [6, 6.07) is 6.71. The van der Waals surface area contributed by atoms with E-state index < -0.39 is 28.8 Å². The summed E-state index contributed by atoms with van der Waals surface area (Å²) in [6.07, 6.45) is -0.629. The SMILES string of the molecule is CS(=O)(=O)N1CCC(Nc2nc(Nc3ccc4cc[nH]c4c3)nc(OCC(F)(F)F)n2)CC1. The minimum absolute atomic E-state index is 0.00384. The first-order chi connectivity index (χ1) is 15.5. The van der Waals surface area contributed by atoms with Crippen molar-refractivity contribution >= 4 is 38.5 Å². The van der Waals surface area contributed by atoms with Crippen molar-refractivity contribution in [3.63, 3.8) is 0 Å². The lowest BCUT2D eigenvalue weighted by Crippen LogP contribution is -2.42. The number of benzene rings is 1. The molecule has 1 saturated heterocycles. The molecule has 1 aliphatic rings. The first-order valence-electron chi connectivity index (χ1n) is 10.1. The van der Waals surface area contributed by atoms with Gasteiger partial charge in [-0.15, -0.1) is 0 Å². The molecule has 1 aliphatic heterocycles. The summed E-state index contributed by atoms with van der Waals surface area (Å²) < 4.78 is 67.4. The van der Waals surface area contributed by atoms with Crippen LogP contribution in [0, 0.1) is 0 Å². The van der Waals surface area contributed by atoms with E-state index in [9.17, 15) is 21.6 Å². The number of anilines is 3. The highest BCUT2D eigenvalue weighted by Crippen LogP contribution is 2.24.